The molecule has 0 bridgehead atoms. The number of carbonyl (C=O) groups excluding carboxylic acids is 3. The highest BCUT2D eigenvalue weighted by atomic mass is 16.2. The van der Waals surface area contributed by atoms with Crippen LogP contribution in [0, 0.1) is 17.8 Å². The van der Waals surface area contributed by atoms with Gasteiger partial charge in [0.1, 0.15) is 6.04 Å². The minimum atomic E-state index is -0.430. The van der Waals surface area contributed by atoms with Crippen LogP contribution in [0.1, 0.15) is 53.4 Å². The maximum Gasteiger partial charge on any atom is 0.245 e. The molecule has 0 radical (unpaired) electrons. The van der Waals surface area contributed by atoms with Crippen LogP contribution in [-0.2, 0) is 14.4 Å². The van der Waals surface area contributed by atoms with Crippen LogP contribution in [0.15, 0.2) is 0 Å². The molecule has 1 saturated carbocycles. The van der Waals surface area contributed by atoms with Gasteiger partial charge in [-0.2, -0.15) is 0 Å². The van der Waals surface area contributed by atoms with E-state index in [9.17, 15) is 14.4 Å². The second kappa shape index (κ2) is 9.45. The van der Waals surface area contributed by atoms with E-state index < -0.39 is 6.04 Å². The van der Waals surface area contributed by atoms with Crippen molar-refractivity contribution in [1.29, 1.82) is 0 Å². The highest BCUT2D eigenvalue weighted by Crippen LogP contribution is 2.35. The summed E-state index contributed by atoms with van der Waals surface area (Å²) in [6.45, 7) is 12.4. The van der Waals surface area contributed by atoms with Crippen LogP contribution in [0.4, 0.5) is 0 Å². The maximum absolute atomic E-state index is 13.4. The van der Waals surface area contributed by atoms with Gasteiger partial charge in [0.25, 0.3) is 0 Å². The largest absolute Gasteiger partial charge is 0.340 e. The minimum Gasteiger partial charge on any atom is -0.340 e. The van der Waals surface area contributed by atoms with Gasteiger partial charge in [0.2, 0.25) is 17.7 Å². The molecule has 164 valence electrons. The Hall–Kier alpha value is -1.63. The summed E-state index contributed by atoms with van der Waals surface area (Å²) in [5.41, 5.74) is 0. The molecule has 2 heterocycles. The molecular weight excluding hydrogens is 368 g/mol. The third-order valence-electron chi connectivity index (χ3n) is 6.21. The van der Waals surface area contributed by atoms with Gasteiger partial charge in [0.15, 0.2) is 0 Å². The standard InChI is InChI=1S/C22H38N4O3/c1-15(2)13-25(20(27)16(3)4)18-12-19(26(14-18)21(28)17-6-7-17)22(29)24-10-5-8-23-9-11-24/h15-19,23H,5-14H2,1-4H3. The van der Waals surface area contributed by atoms with E-state index in [0.717, 1.165) is 38.9 Å². The minimum absolute atomic E-state index is 0.0618. The summed E-state index contributed by atoms with van der Waals surface area (Å²) in [5, 5.41) is 3.33. The molecule has 0 aromatic carbocycles. The maximum atomic E-state index is 13.4. The number of amides is 3. The van der Waals surface area contributed by atoms with Gasteiger partial charge in [0, 0.05) is 44.6 Å². The van der Waals surface area contributed by atoms with E-state index in [-0.39, 0.29) is 35.6 Å². The summed E-state index contributed by atoms with van der Waals surface area (Å²) in [6, 6.07) is -0.505. The molecule has 29 heavy (non-hydrogen) atoms. The predicted molar refractivity (Wildman–Crippen MR) is 112 cm³/mol. The first-order chi connectivity index (χ1) is 13.8. The van der Waals surface area contributed by atoms with Crippen LogP contribution in [-0.4, -0.2) is 83.8 Å². The summed E-state index contributed by atoms with van der Waals surface area (Å²) in [7, 11) is 0. The molecule has 3 fully saturated rings. The molecule has 3 rings (SSSR count). The van der Waals surface area contributed by atoms with Crippen molar-refractivity contribution in [2.75, 3.05) is 39.3 Å². The second-order valence-corrected chi connectivity index (χ2v) is 9.64. The third kappa shape index (κ3) is 5.30. The summed E-state index contributed by atoms with van der Waals surface area (Å²) in [5.74, 6) is 0.625. The molecule has 1 aliphatic carbocycles. The lowest BCUT2D eigenvalue weighted by molar-refractivity contribution is -0.144. The van der Waals surface area contributed by atoms with Crippen molar-refractivity contribution in [2.24, 2.45) is 17.8 Å². The van der Waals surface area contributed by atoms with E-state index in [1.165, 1.54) is 0 Å². The Morgan fingerprint density at radius 2 is 1.76 bits per heavy atom. The number of hydrogen-bond acceptors (Lipinski definition) is 4. The van der Waals surface area contributed by atoms with Gasteiger partial charge in [-0.05, 0) is 38.1 Å². The molecular formula is C22H38N4O3. The van der Waals surface area contributed by atoms with Crippen LogP contribution >= 0.6 is 0 Å². The van der Waals surface area contributed by atoms with Gasteiger partial charge in [0.05, 0.1) is 6.04 Å². The van der Waals surface area contributed by atoms with Crippen molar-refractivity contribution in [2.45, 2.75) is 65.5 Å². The Morgan fingerprint density at radius 1 is 1.03 bits per heavy atom. The Labute approximate surface area is 175 Å². The first kappa shape index (κ1) is 22.1. The smallest absolute Gasteiger partial charge is 0.245 e. The zero-order valence-electron chi connectivity index (χ0n) is 18.5. The molecule has 1 N–H and O–H groups in total. The van der Waals surface area contributed by atoms with E-state index in [1.54, 1.807) is 0 Å². The van der Waals surface area contributed by atoms with Crippen LogP contribution in [0.3, 0.4) is 0 Å². The fourth-order valence-electron chi connectivity index (χ4n) is 4.50. The van der Waals surface area contributed by atoms with E-state index in [1.807, 2.05) is 28.5 Å². The Bertz CT molecular complexity index is 609. The predicted octanol–water partition coefficient (Wildman–Crippen LogP) is 1.33. The zero-order chi connectivity index (χ0) is 21.1. The molecule has 7 heteroatoms. The zero-order valence-corrected chi connectivity index (χ0v) is 18.5. The van der Waals surface area contributed by atoms with Crippen molar-refractivity contribution < 1.29 is 14.4 Å². The molecule has 7 nitrogen and oxygen atoms in total. The number of nitrogens with zero attached hydrogens (tertiary/aromatic N) is 3. The lowest BCUT2D eigenvalue weighted by atomic mass is 10.0. The Morgan fingerprint density at radius 3 is 2.38 bits per heavy atom. The van der Waals surface area contributed by atoms with Crippen molar-refractivity contribution in [1.82, 2.24) is 20.0 Å². The fraction of sp³-hybridized carbons (Fsp3) is 0.864. The van der Waals surface area contributed by atoms with Crippen LogP contribution < -0.4 is 5.32 Å². The molecule has 0 aromatic rings. The Kier molecular flexibility index (Phi) is 7.19. The number of carbonyl (C=O) groups is 3. The average Bonchev–Trinajstić information content (AvgIpc) is 3.47. The van der Waals surface area contributed by atoms with E-state index in [2.05, 4.69) is 19.2 Å². The normalized spacial score (nSPS) is 25.4. The van der Waals surface area contributed by atoms with Gasteiger partial charge in [-0.15, -0.1) is 0 Å². The molecule has 2 aliphatic heterocycles. The molecule has 0 spiro atoms. The summed E-state index contributed by atoms with van der Waals surface area (Å²) in [4.78, 5) is 45.0. The van der Waals surface area contributed by atoms with Gasteiger partial charge in [-0.1, -0.05) is 27.7 Å². The SMILES string of the molecule is CC(C)CN(C(=O)C(C)C)C1CC(C(=O)N2CCCNCC2)N(C(=O)C2CC2)C1. The average molecular weight is 407 g/mol. The third-order valence-corrected chi connectivity index (χ3v) is 6.21. The van der Waals surface area contributed by atoms with Gasteiger partial charge < -0.3 is 20.0 Å². The fourth-order valence-corrected chi connectivity index (χ4v) is 4.50. The van der Waals surface area contributed by atoms with Crippen molar-refractivity contribution in [3.05, 3.63) is 0 Å². The highest BCUT2D eigenvalue weighted by Gasteiger charge is 2.47. The molecule has 2 saturated heterocycles. The second-order valence-electron chi connectivity index (χ2n) is 9.64. The summed E-state index contributed by atoms with van der Waals surface area (Å²) >= 11 is 0. The number of rotatable bonds is 6. The van der Waals surface area contributed by atoms with E-state index in [4.69, 9.17) is 0 Å². The monoisotopic (exact) mass is 406 g/mol. The summed E-state index contributed by atoms with van der Waals surface area (Å²) in [6.07, 6.45) is 3.35. The van der Waals surface area contributed by atoms with Crippen LogP contribution in [0.5, 0.6) is 0 Å². The lowest BCUT2D eigenvalue weighted by Gasteiger charge is -2.32. The molecule has 3 aliphatic rings. The van der Waals surface area contributed by atoms with Crippen molar-refractivity contribution in [3.8, 4) is 0 Å². The molecule has 2 atom stereocenters. The van der Waals surface area contributed by atoms with Gasteiger partial charge in [-0.3, -0.25) is 14.4 Å². The Balaban J connectivity index is 1.80. The molecule has 3 amide bonds. The van der Waals surface area contributed by atoms with Gasteiger partial charge in [-0.25, -0.2) is 0 Å². The lowest BCUT2D eigenvalue weighted by Crippen LogP contribution is -2.49. The quantitative estimate of drug-likeness (QED) is 0.722. The van der Waals surface area contributed by atoms with E-state index >= 15 is 0 Å². The molecule has 0 aromatic heterocycles. The van der Waals surface area contributed by atoms with Gasteiger partial charge >= 0.3 is 0 Å². The topological polar surface area (TPSA) is 73.0 Å². The van der Waals surface area contributed by atoms with Crippen molar-refractivity contribution in [3.63, 3.8) is 0 Å². The van der Waals surface area contributed by atoms with E-state index in [0.29, 0.717) is 32.0 Å². The number of likely N-dealkylation sites (tertiary alicyclic amines) is 1. The van der Waals surface area contributed by atoms with Crippen molar-refractivity contribution >= 4 is 17.7 Å². The van der Waals surface area contributed by atoms with Crippen LogP contribution in [0.25, 0.3) is 0 Å². The number of hydrogen-bond donors (Lipinski definition) is 1. The first-order valence-electron chi connectivity index (χ1n) is 11.4. The highest BCUT2D eigenvalue weighted by molar-refractivity contribution is 5.90. The number of nitrogens with one attached hydrogen (secondary N) is 1. The van der Waals surface area contributed by atoms with Crippen LogP contribution in [0.2, 0.25) is 0 Å². The summed E-state index contributed by atoms with van der Waals surface area (Å²) < 4.78 is 0. The first-order valence-corrected chi connectivity index (χ1v) is 11.4. The molecule has 2 unspecified atom stereocenters.